The molecule has 2 rings (SSSR count). The van der Waals surface area contributed by atoms with Crippen LogP contribution in [0, 0.1) is 6.33 Å². The number of hydrogen-bond acceptors (Lipinski definition) is 1. The van der Waals surface area contributed by atoms with E-state index in [1.165, 1.54) is 9.92 Å². The Hall–Kier alpha value is -1.22. The monoisotopic (exact) mass is 204 g/mol. The molecule has 0 bridgehead atoms. The van der Waals surface area contributed by atoms with Crippen LogP contribution in [0.5, 0.6) is 0 Å². The van der Waals surface area contributed by atoms with Crippen molar-refractivity contribution in [3.05, 3.63) is 42.9 Å². The van der Waals surface area contributed by atoms with Crippen LogP contribution in [0.1, 0.15) is 0 Å². The first-order valence-electron chi connectivity index (χ1n) is 4.43. The van der Waals surface area contributed by atoms with E-state index in [9.17, 15) is 0 Å². The van der Waals surface area contributed by atoms with E-state index in [-0.39, 0.29) is 0 Å². The predicted molar refractivity (Wildman–Crippen MR) is 56.0 cm³/mol. The van der Waals surface area contributed by atoms with Crippen LogP contribution < -0.4 is 4.57 Å². The molecule has 0 aliphatic rings. The fourth-order valence-electron chi connectivity index (χ4n) is 1.27. The zero-order chi connectivity index (χ0) is 9.97. The van der Waals surface area contributed by atoms with Crippen molar-refractivity contribution in [3.8, 4) is 0 Å². The molecule has 0 spiro atoms. The summed E-state index contributed by atoms with van der Waals surface area (Å²) in [5, 5.41) is 1.19. The van der Waals surface area contributed by atoms with Gasteiger partial charge in [0.2, 0.25) is 6.33 Å². The normalized spacial score (nSPS) is 10.4. The van der Waals surface area contributed by atoms with E-state index in [1.807, 2.05) is 29.3 Å². The highest BCUT2D eigenvalue weighted by Crippen LogP contribution is 2.23. The highest BCUT2D eigenvalue weighted by atomic mass is 32.2. The van der Waals surface area contributed by atoms with Crippen LogP contribution in [0.15, 0.2) is 46.5 Å². The second-order valence-corrected chi connectivity index (χ2v) is 4.25. The lowest BCUT2D eigenvalue weighted by Gasteiger charge is -2.02. The molecule has 0 aliphatic heterocycles. The first-order valence-corrected chi connectivity index (χ1v) is 5.25. The Morgan fingerprint density at radius 1 is 1.29 bits per heavy atom. The number of aryl methyl sites for hydroxylation is 2. The molecule has 1 aromatic heterocycles. The zero-order valence-electron chi connectivity index (χ0n) is 8.27. The van der Waals surface area contributed by atoms with Crippen LogP contribution in [0.2, 0.25) is 0 Å². The van der Waals surface area contributed by atoms with Gasteiger partial charge in [-0.25, -0.2) is 0 Å². The third kappa shape index (κ3) is 1.99. The van der Waals surface area contributed by atoms with Gasteiger partial charge in [-0.3, -0.25) is 0 Å². The minimum atomic E-state index is 1.19. The molecule has 0 N–H and O–H groups in total. The van der Waals surface area contributed by atoms with Crippen LogP contribution in [0.25, 0.3) is 0 Å². The molecule has 0 radical (unpaired) electrons. The van der Waals surface area contributed by atoms with E-state index in [0.717, 1.165) is 0 Å². The Morgan fingerprint density at radius 3 is 2.57 bits per heavy atom. The number of nitrogens with zero attached hydrogens (tertiary/aromatic N) is 2. The van der Waals surface area contributed by atoms with Crippen molar-refractivity contribution in [3.63, 3.8) is 0 Å². The third-order valence-corrected chi connectivity index (χ3v) is 3.00. The molecule has 0 saturated carbocycles. The molecule has 0 unspecified atom stereocenters. The maximum Gasteiger partial charge on any atom is 0.204 e. The van der Waals surface area contributed by atoms with Gasteiger partial charge < -0.3 is 9.13 Å². The van der Waals surface area contributed by atoms with Crippen molar-refractivity contribution >= 4 is 11.8 Å². The maximum absolute atomic E-state index is 3.14. The van der Waals surface area contributed by atoms with Gasteiger partial charge >= 0.3 is 0 Å². The molecule has 0 aliphatic carbocycles. The molecule has 2 nitrogen and oxygen atoms in total. The maximum atomic E-state index is 3.14. The van der Waals surface area contributed by atoms with Gasteiger partial charge in [0.05, 0.1) is 19.1 Å². The quantitative estimate of drug-likeness (QED) is 0.535. The van der Waals surface area contributed by atoms with Gasteiger partial charge in [0.25, 0.3) is 0 Å². The second-order valence-electron chi connectivity index (χ2n) is 3.15. The van der Waals surface area contributed by atoms with Gasteiger partial charge in [0, 0.05) is 4.90 Å². The van der Waals surface area contributed by atoms with Gasteiger partial charge in [-0.15, -0.1) is 11.8 Å². The lowest BCUT2D eigenvalue weighted by molar-refractivity contribution is -0.711. The SMILES string of the molecule is Cn1[c-][n+](C)c(Sc2ccccc2)c1. The molecule has 0 saturated heterocycles. The summed E-state index contributed by atoms with van der Waals surface area (Å²) >= 11 is 1.75. The minimum Gasteiger partial charge on any atom is -0.353 e. The average molecular weight is 204 g/mol. The Bertz CT molecular complexity index is 420. The van der Waals surface area contributed by atoms with Gasteiger partial charge in [-0.1, -0.05) is 18.2 Å². The van der Waals surface area contributed by atoms with E-state index in [4.69, 9.17) is 0 Å². The molecule has 0 atom stereocenters. The fraction of sp³-hybridized carbons (Fsp3) is 0.182. The molecule has 1 aromatic carbocycles. The number of rotatable bonds is 2. The summed E-state index contributed by atoms with van der Waals surface area (Å²) in [6, 6.07) is 10.3. The summed E-state index contributed by atoms with van der Waals surface area (Å²) in [5.41, 5.74) is 0. The molecule has 2 aromatic rings. The molecule has 72 valence electrons. The number of benzene rings is 1. The number of imidazole rings is 1. The van der Waals surface area contributed by atoms with E-state index in [2.05, 4.69) is 36.8 Å². The van der Waals surface area contributed by atoms with Crippen molar-refractivity contribution in [1.29, 1.82) is 0 Å². The molecule has 0 amide bonds. The Balaban J connectivity index is 2.23. The van der Waals surface area contributed by atoms with Crippen LogP contribution in [0.3, 0.4) is 0 Å². The Kier molecular flexibility index (Phi) is 2.59. The highest BCUT2D eigenvalue weighted by Gasteiger charge is 1.99. The standard InChI is InChI=1S/C11H12N2S/c1-12-8-11(13(2)9-12)14-10-6-4-3-5-7-10/h3-8H,1-2H3. The Labute approximate surface area is 88.2 Å². The lowest BCUT2D eigenvalue weighted by Crippen LogP contribution is -2.27. The number of hydrogen-bond donors (Lipinski definition) is 0. The van der Waals surface area contributed by atoms with Gasteiger partial charge in [0.15, 0.2) is 0 Å². The zero-order valence-corrected chi connectivity index (χ0v) is 9.08. The molecule has 1 heterocycles. The van der Waals surface area contributed by atoms with Crippen molar-refractivity contribution < 1.29 is 4.57 Å². The van der Waals surface area contributed by atoms with Crippen LogP contribution in [-0.2, 0) is 14.1 Å². The molecular formula is C11H12N2S. The summed E-state index contributed by atoms with van der Waals surface area (Å²) in [6.45, 7) is 0. The molecule has 0 fully saturated rings. The Morgan fingerprint density at radius 2 is 2.00 bits per heavy atom. The van der Waals surface area contributed by atoms with E-state index < -0.39 is 0 Å². The summed E-state index contributed by atoms with van der Waals surface area (Å²) in [4.78, 5) is 1.25. The fourth-order valence-corrected chi connectivity index (χ4v) is 2.19. The summed E-state index contributed by atoms with van der Waals surface area (Å²) in [6.07, 6.45) is 5.21. The molecule has 3 heteroatoms. The summed E-state index contributed by atoms with van der Waals surface area (Å²) in [5.74, 6) is 0. The van der Waals surface area contributed by atoms with Crippen molar-refractivity contribution in [2.45, 2.75) is 9.92 Å². The summed E-state index contributed by atoms with van der Waals surface area (Å²) in [7, 11) is 3.99. The minimum absolute atomic E-state index is 1.19. The van der Waals surface area contributed by atoms with Gasteiger partial charge in [-0.05, 0) is 18.3 Å². The highest BCUT2D eigenvalue weighted by molar-refractivity contribution is 7.99. The molecular weight excluding hydrogens is 192 g/mol. The third-order valence-electron chi connectivity index (χ3n) is 1.91. The topological polar surface area (TPSA) is 8.81 Å². The van der Waals surface area contributed by atoms with Crippen LogP contribution in [0.4, 0.5) is 0 Å². The number of aromatic nitrogens is 2. The predicted octanol–water partition coefficient (Wildman–Crippen LogP) is 1.80. The largest absolute Gasteiger partial charge is 0.353 e. The molecule has 14 heavy (non-hydrogen) atoms. The van der Waals surface area contributed by atoms with Crippen molar-refractivity contribution in [2.24, 2.45) is 14.1 Å². The summed E-state index contributed by atoms with van der Waals surface area (Å²) < 4.78 is 3.93. The average Bonchev–Trinajstić information content (AvgIpc) is 2.47. The van der Waals surface area contributed by atoms with E-state index in [0.29, 0.717) is 0 Å². The first kappa shape index (κ1) is 9.34. The van der Waals surface area contributed by atoms with Gasteiger partial charge in [-0.2, -0.15) is 0 Å². The van der Waals surface area contributed by atoms with Crippen LogP contribution >= 0.6 is 11.8 Å². The van der Waals surface area contributed by atoms with Crippen molar-refractivity contribution in [1.82, 2.24) is 4.57 Å². The van der Waals surface area contributed by atoms with E-state index >= 15 is 0 Å². The first-order chi connectivity index (χ1) is 6.75. The van der Waals surface area contributed by atoms with Crippen LogP contribution in [-0.4, -0.2) is 4.57 Å². The second kappa shape index (κ2) is 3.88. The van der Waals surface area contributed by atoms with Crippen molar-refractivity contribution in [2.75, 3.05) is 0 Å². The lowest BCUT2D eigenvalue weighted by atomic mass is 10.4. The van der Waals surface area contributed by atoms with E-state index in [1.54, 1.807) is 11.8 Å². The van der Waals surface area contributed by atoms with Gasteiger partial charge in [0.1, 0.15) is 0 Å². The smallest absolute Gasteiger partial charge is 0.204 e.